The lowest BCUT2D eigenvalue weighted by molar-refractivity contribution is -0.107. The Bertz CT molecular complexity index is 305. The minimum absolute atomic E-state index is 0.450. The van der Waals surface area contributed by atoms with E-state index in [2.05, 4.69) is 0 Å². The normalized spacial score (nSPS) is 9.92. The number of aryl methyl sites for hydroxylation is 2. The SMILES string of the molecule is Cc1cc(C)c(CC=O)cc1Cl. The van der Waals surface area contributed by atoms with Crippen LogP contribution in [0.2, 0.25) is 5.02 Å². The van der Waals surface area contributed by atoms with E-state index in [9.17, 15) is 4.79 Å². The summed E-state index contributed by atoms with van der Waals surface area (Å²) in [5.74, 6) is 0. The molecule has 64 valence electrons. The van der Waals surface area contributed by atoms with Gasteiger partial charge in [-0.3, -0.25) is 0 Å². The van der Waals surface area contributed by atoms with Gasteiger partial charge in [0.05, 0.1) is 0 Å². The standard InChI is InChI=1S/C10H11ClO/c1-7-5-8(2)10(11)6-9(7)3-4-12/h4-6H,3H2,1-2H3. The average molecular weight is 183 g/mol. The molecule has 0 aliphatic rings. The van der Waals surface area contributed by atoms with Crippen LogP contribution in [-0.4, -0.2) is 6.29 Å². The molecule has 0 fully saturated rings. The molecule has 0 aliphatic carbocycles. The van der Waals surface area contributed by atoms with Crippen molar-refractivity contribution in [3.63, 3.8) is 0 Å². The van der Waals surface area contributed by atoms with Crippen molar-refractivity contribution in [1.82, 2.24) is 0 Å². The minimum Gasteiger partial charge on any atom is -0.303 e. The first-order valence-electron chi connectivity index (χ1n) is 3.84. The monoisotopic (exact) mass is 182 g/mol. The van der Waals surface area contributed by atoms with E-state index in [1.807, 2.05) is 26.0 Å². The predicted octanol–water partition coefficient (Wildman–Crippen LogP) is 2.70. The smallest absolute Gasteiger partial charge is 0.124 e. The molecule has 0 spiro atoms. The van der Waals surface area contributed by atoms with Gasteiger partial charge in [-0.15, -0.1) is 0 Å². The molecule has 1 aromatic carbocycles. The van der Waals surface area contributed by atoms with Gasteiger partial charge < -0.3 is 4.79 Å². The molecular formula is C10H11ClO. The Labute approximate surface area is 77.4 Å². The number of aldehydes is 1. The summed E-state index contributed by atoms with van der Waals surface area (Å²) in [6, 6.07) is 3.86. The molecule has 0 atom stereocenters. The van der Waals surface area contributed by atoms with Gasteiger partial charge in [-0.1, -0.05) is 17.7 Å². The first kappa shape index (κ1) is 9.27. The van der Waals surface area contributed by atoms with E-state index in [1.165, 1.54) is 0 Å². The van der Waals surface area contributed by atoms with Crippen LogP contribution < -0.4 is 0 Å². The quantitative estimate of drug-likeness (QED) is 0.643. The van der Waals surface area contributed by atoms with Gasteiger partial charge >= 0.3 is 0 Å². The molecule has 1 rings (SSSR count). The maximum atomic E-state index is 10.3. The van der Waals surface area contributed by atoms with Crippen LogP contribution in [0.15, 0.2) is 12.1 Å². The molecule has 1 nitrogen and oxygen atoms in total. The molecule has 0 unspecified atom stereocenters. The Morgan fingerprint density at radius 1 is 1.33 bits per heavy atom. The second kappa shape index (κ2) is 3.72. The van der Waals surface area contributed by atoms with E-state index in [1.54, 1.807) is 0 Å². The lowest BCUT2D eigenvalue weighted by Crippen LogP contribution is -1.91. The van der Waals surface area contributed by atoms with Crippen molar-refractivity contribution in [2.45, 2.75) is 20.3 Å². The molecule has 12 heavy (non-hydrogen) atoms. The van der Waals surface area contributed by atoms with Crippen LogP contribution in [-0.2, 0) is 11.2 Å². The highest BCUT2D eigenvalue weighted by atomic mass is 35.5. The van der Waals surface area contributed by atoms with Gasteiger partial charge in [0.1, 0.15) is 6.29 Å². The topological polar surface area (TPSA) is 17.1 Å². The third kappa shape index (κ3) is 1.86. The van der Waals surface area contributed by atoms with Crippen molar-refractivity contribution in [2.75, 3.05) is 0 Å². The van der Waals surface area contributed by atoms with Crippen LogP contribution in [0.25, 0.3) is 0 Å². The fourth-order valence-electron chi connectivity index (χ4n) is 1.18. The molecule has 0 aromatic heterocycles. The number of hydrogen-bond acceptors (Lipinski definition) is 1. The molecule has 0 saturated heterocycles. The van der Waals surface area contributed by atoms with Crippen LogP contribution >= 0.6 is 11.6 Å². The third-order valence-corrected chi connectivity index (χ3v) is 2.33. The average Bonchev–Trinajstić information content (AvgIpc) is 2.01. The second-order valence-electron chi connectivity index (χ2n) is 2.90. The highest BCUT2D eigenvalue weighted by Gasteiger charge is 2.01. The Kier molecular flexibility index (Phi) is 2.88. The van der Waals surface area contributed by atoms with Crippen LogP contribution in [0.5, 0.6) is 0 Å². The number of halogens is 1. The second-order valence-corrected chi connectivity index (χ2v) is 3.31. The maximum Gasteiger partial charge on any atom is 0.124 e. The van der Waals surface area contributed by atoms with Gasteiger partial charge in [0.15, 0.2) is 0 Å². The molecule has 0 aliphatic heterocycles. The van der Waals surface area contributed by atoms with Crippen molar-refractivity contribution in [1.29, 1.82) is 0 Å². The fourth-order valence-corrected chi connectivity index (χ4v) is 1.36. The molecule has 0 saturated carbocycles. The van der Waals surface area contributed by atoms with Crippen molar-refractivity contribution in [3.05, 3.63) is 33.8 Å². The van der Waals surface area contributed by atoms with Gasteiger partial charge in [-0.25, -0.2) is 0 Å². The van der Waals surface area contributed by atoms with Crippen molar-refractivity contribution in [3.8, 4) is 0 Å². The fraction of sp³-hybridized carbons (Fsp3) is 0.300. The van der Waals surface area contributed by atoms with Crippen molar-refractivity contribution in [2.24, 2.45) is 0 Å². The first-order chi connectivity index (χ1) is 5.65. The van der Waals surface area contributed by atoms with Gasteiger partial charge in [-0.05, 0) is 36.6 Å². The summed E-state index contributed by atoms with van der Waals surface area (Å²) in [5, 5.41) is 0.734. The van der Waals surface area contributed by atoms with E-state index in [-0.39, 0.29) is 0 Å². The van der Waals surface area contributed by atoms with E-state index in [0.717, 1.165) is 28.0 Å². The zero-order valence-corrected chi connectivity index (χ0v) is 7.98. The summed E-state index contributed by atoms with van der Waals surface area (Å²) >= 11 is 5.91. The summed E-state index contributed by atoms with van der Waals surface area (Å²) in [7, 11) is 0. The van der Waals surface area contributed by atoms with Crippen LogP contribution in [0.4, 0.5) is 0 Å². The summed E-state index contributed by atoms with van der Waals surface area (Å²) < 4.78 is 0. The largest absolute Gasteiger partial charge is 0.303 e. The van der Waals surface area contributed by atoms with Gasteiger partial charge in [0, 0.05) is 11.4 Å². The Morgan fingerprint density at radius 3 is 2.58 bits per heavy atom. The van der Waals surface area contributed by atoms with Crippen molar-refractivity contribution < 1.29 is 4.79 Å². The highest BCUT2D eigenvalue weighted by Crippen LogP contribution is 2.20. The summed E-state index contributed by atoms with van der Waals surface area (Å²) in [4.78, 5) is 10.3. The van der Waals surface area contributed by atoms with Crippen molar-refractivity contribution >= 4 is 17.9 Å². The summed E-state index contributed by atoms with van der Waals surface area (Å²) in [6.07, 6.45) is 1.35. The maximum absolute atomic E-state index is 10.3. The molecule has 2 heteroatoms. The number of benzene rings is 1. The number of carbonyl (C=O) groups excluding carboxylic acids is 1. The molecule has 1 aromatic rings. The predicted molar refractivity (Wildman–Crippen MR) is 50.7 cm³/mol. The molecule has 0 amide bonds. The van der Waals surface area contributed by atoms with E-state index in [0.29, 0.717) is 6.42 Å². The molecule has 0 N–H and O–H groups in total. The van der Waals surface area contributed by atoms with Crippen LogP contribution in [0.3, 0.4) is 0 Å². The molecular weight excluding hydrogens is 172 g/mol. The molecule has 0 radical (unpaired) electrons. The van der Waals surface area contributed by atoms with Gasteiger partial charge in [0.2, 0.25) is 0 Å². The lowest BCUT2D eigenvalue weighted by Gasteiger charge is -2.05. The Hall–Kier alpha value is -0.820. The highest BCUT2D eigenvalue weighted by molar-refractivity contribution is 6.31. The van der Waals surface area contributed by atoms with Crippen LogP contribution in [0.1, 0.15) is 16.7 Å². The summed E-state index contributed by atoms with van der Waals surface area (Å²) in [5.41, 5.74) is 3.20. The first-order valence-corrected chi connectivity index (χ1v) is 4.22. The Morgan fingerprint density at radius 2 is 2.00 bits per heavy atom. The zero-order chi connectivity index (χ0) is 9.14. The van der Waals surface area contributed by atoms with Gasteiger partial charge in [-0.2, -0.15) is 0 Å². The number of hydrogen-bond donors (Lipinski definition) is 0. The number of carbonyl (C=O) groups is 1. The lowest BCUT2D eigenvalue weighted by atomic mass is 10.0. The van der Waals surface area contributed by atoms with E-state index in [4.69, 9.17) is 11.6 Å². The zero-order valence-electron chi connectivity index (χ0n) is 7.23. The Balaban J connectivity index is 3.13. The van der Waals surface area contributed by atoms with Crippen LogP contribution in [0, 0.1) is 13.8 Å². The molecule has 0 heterocycles. The van der Waals surface area contributed by atoms with E-state index >= 15 is 0 Å². The minimum atomic E-state index is 0.450. The third-order valence-electron chi connectivity index (χ3n) is 1.92. The number of rotatable bonds is 2. The molecule has 0 bridgehead atoms. The summed E-state index contributed by atoms with van der Waals surface area (Å²) in [6.45, 7) is 3.95. The van der Waals surface area contributed by atoms with E-state index < -0.39 is 0 Å². The van der Waals surface area contributed by atoms with Gasteiger partial charge in [0.25, 0.3) is 0 Å².